The fourth-order valence-electron chi connectivity index (χ4n) is 4.42. The Balaban J connectivity index is 1.70. The summed E-state index contributed by atoms with van der Waals surface area (Å²) in [6, 6.07) is 6.45. The number of nitrogens with zero attached hydrogens (tertiary/aromatic N) is 5. The third-order valence-corrected chi connectivity index (χ3v) is 5.67. The molecule has 1 aliphatic heterocycles. The summed E-state index contributed by atoms with van der Waals surface area (Å²) < 4.78 is 2.00. The number of hydrogen-bond donors (Lipinski definition) is 0. The van der Waals surface area contributed by atoms with Crippen molar-refractivity contribution in [3.05, 3.63) is 47.5 Å². The second kappa shape index (κ2) is 6.63. The zero-order valence-corrected chi connectivity index (χ0v) is 17.0. The van der Waals surface area contributed by atoms with Crippen LogP contribution in [0.1, 0.15) is 63.4 Å². The average Bonchev–Trinajstić information content (AvgIpc) is 3.02. The lowest BCUT2D eigenvalue weighted by Gasteiger charge is -2.32. The first-order valence-corrected chi connectivity index (χ1v) is 9.96. The maximum atomic E-state index is 4.84. The smallest absolute Gasteiger partial charge is 0.155 e. The molecule has 0 bridgehead atoms. The summed E-state index contributed by atoms with van der Waals surface area (Å²) in [5.41, 5.74) is 5.84. The number of hydrogen-bond acceptors (Lipinski definition) is 4. The van der Waals surface area contributed by atoms with E-state index in [2.05, 4.69) is 61.0 Å². The number of fused-ring (bicyclic) bond motifs is 3. The fraction of sp³-hybridized carbons (Fsp3) is 0.500. The van der Waals surface area contributed by atoms with Crippen LogP contribution in [0.5, 0.6) is 0 Å². The van der Waals surface area contributed by atoms with E-state index in [0.717, 1.165) is 48.7 Å². The van der Waals surface area contributed by atoms with Gasteiger partial charge in [-0.3, -0.25) is 0 Å². The van der Waals surface area contributed by atoms with Crippen molar-refractivity contribution in [3.63, 3.8) is 0 Å². The second-order valence-corrected chi connectivity index (χ2v) is 8.68. The highest BCUT2D eigenvalue weighted by Gasteiger charge is 2.26. The quantitative estimate of drug-likeness (QED) is 0.653. The first-order valence-electron chi connectivity index (χ1n) is 9.96. The Hall–Kier alpha value is -2.43. The van der Waals surface area contributed by atoms with Crippen LogP contribution in [0.3, 0.4) is 0 Å². The topological polar surface area (TPSA) is 46.3 Å². The molecule has 1 atom stereocenters. The van der Waals surface area contributed by atoms with Gasteiger partial charge in [-0.2, -0.15) is 5.10 Å². The van der Waals surface area contributed by atoms with Crippen LogP contribution in [0.4, 0.5) is 11.5 Å². The normalized spacial score (nSPS) is 15.8. The van der Waals surface area contributed by atoms with E-state index in [1.54, 1.807) is 0 Å². The van der Waals surface area contributed by atoms with Crippen molar-refractivity contribution in [1.82, 2.24) is 19.6 Å². The summed E-state index contributed by atoms with van der Waals surface area (Å²) in [4.78, 5) is 11.7. The Morgan fingerprint density at radius 1 is 1.15 bits per heavy atom. The summed E-state index contributed by atoms with van der Waals surface area (Å²) >= 11 is 0. The van der Waals surface area contributed by atoms with Crippen molar-refractivity contribution in [2.75, 3.05) is 11.4 Å². The Bertz CT molecular complexity index is 949. The molecule has 3 aromatic heterocycles. The minimum absolute atomic E-state index is 0.239. The van der Waals surface area contributed by atoms with E-state index >= 15 is 0 Å². The third kappa shape index (κ3) is 3.20. The number of aromatic nitrogens is 4. The molecule has 0 saturated heterocycles. The van der Waals surface area contributed by atoms with Gasteiger partial charge >= 0.3 is 0 Å². The summed E-state index contributed by atoms with van der Waals surface area (Å²) in [6.45, 7) is 12.1. The molecule has 0 radical (unpaired) electrons. The van der Waals surface area contributed by atoms with Gasteiger partial charge in [0.1, 0.15) is 5.82 Å². The Labute approximate surface area is 161 Å². The van der Waals surface area contributed by atoms with Crippen LogP contribution in [0, 0.1) is 12.3 Å². The lowest BCUT2D eigenvalue weighted by atomic mass is 9.75. The fourth-order valence-corrected chi connectivity index (χ4v) is 4.42. The molecule has 0 spiro atoms. The Morgan fingerprint density at radius 3 is 2.63 bits per heavy atom. The molecule has 5 nitrogen and oxygen atoms in total. The van der Waals surface area contributed by atoms with Crippen LogP contribution >= 0.6 is 0 Å². The van der Waals surface area contributed by atoms with Crippen molar-refractivity contribution < 1.29 is 0 Å². The van der Waals surface area contributed by atoms with Crippen LogP contribution in [0.25, 0.3) is 5.65 Å². The molecule has 27 heavy (non-hydrogen) atoms. The molecule has 142 valence electrons. The predicted octanol–water partition coefficient (Wildman–Crippen LogP) is 5.06. The van der Waals surface area contributed by atoms with Gasteiger partial charge in [0, 0.05) is 18.8 Å². The van der Waals surface area contributed by atoms with Gasteiger partial charge < -0.3 is 4.90 Å². The first-order chi connectivity index (χ1) is 12.9. The maximum absolute atomic E-state index is 4.84. The molecule has 0 aliphatic carbocycles. The van der Waals surface area contributed by atoms with Crippen LogP contribution in [0.2, 0.25) is 0 Å². The molecule has 3 aromatic rings. The molecule has 0 amide bonds. The van der Waals surface area contributed by atoms with Gasteiger partial charge in [-0.1, -0.05) is 33.8 Å². The van der Waals surface area contributed by atoms with E-state index in [4.69, 9.17) is 4.98 Å². The number of pyridine rings is 1. The van der Waals surface area contributed by atoms with E-state index in [0.29, 0.717) is 5.92 Å². The van der Waals surface area contributed by atoms with Crippen molar-refractivity contribution >= 4 is 17.2 Å². The van der Waals surface area contributed by atoms with Gasteiger partial charge in [-0.05, 0) is 49.1 Å². The molecule has 4 rings (SSSR count). The highest BCUT2D eigenvalue weighted by atomic mass is 15.3. The summed E-state index contributed by atoms with van der Waals surface area (Å²) in [5.74, 6) is 1.51. The van der Waals surface area contributed by atoms with Crippen molar-refractivity contribution in [2.24, 2.45) is 5.41 Å². The molecule has 5 heteroatoms. The van der Waals surface area contributed by atoms with E-state index in [1.807, 2.05) is 23.7 Å². The van der Waals surface area contributed by atoms with E-state index in [-0.39, 0.29) is 5.41 Å². The molecular formula is C22H29N5. The van der Waals surface area contributed by atoms with E-state index in [9.17, 15) is 0 Å². The van der Waals surface area contributed by atoms with Gasteiger partial charge in [-0.25, -0.2) is 14.5 Å². The van der Waals surface area contributed by atoms with Crippen LogP contribution in [-0.4, -0.2) is 26.1 Å². The SMILES string of the molecule is CC[C@@H](c1ccc(N2CCCc3c2cnc2cc(C)nn32)nc1)C(C)(C)C. The summed E-state index contributed by atoms with van der Waals surface area (Å²) in [5, 5.41) is 4.64. The van der Waals surface area contributed by atoms with Gasteiger partial charge in [0.05, 0.1) is 23.3 Å². The van der Waals surface area contributed by atoms with Gasteiger partial charge in [0.2, 0.25) is 0 Å². The Morgan fingerprint density at radius 2 is 1.96 bits per heavy atom. The third-order valence-electron chi connectivity index (χ3n) is 5.67. The minimum Gasteiger partial charge on any atom is -0.323 e. The summed E-state index contributed by atoms with van der Waals surface area (Å²) in [7, 11) is 0. The summed E-state index contributed by atoms with van der Waals surface area (Å²) in [6.07, 6.45) is 7.27. The predicted molar refractivity (Wildman–Crippen MR) is 110 cm³/mol. The van der Waals surface area contributed by atoms with Gasteiger partial charge in [0.15, 0.2) is 5.65 Å². The van der Waals surface area contributed by atoms with Gasteiger partial charge in [-0.15, -0.1) is 0 Å². The second-order valence-electron chi connectivity index (χ2n) is 8.68. The maximum Gasteiger partial charge on any atom is 0.155 e. The molecule has 0 fully saturated rings. The molecule has 1 aliphatic rings. The molecule has 4 heterocycles. The zero-order chi connectivity index (χ0) is 19.2. The molecular weight excluding hydrogens is 334 g/mol. The first kappa shape index (κ1) is 18.0. The molecule has 0 saturated carbocycles. The highest BCUT2D eigenvalue weighted by Crippen LogP contribution is 2.38. The van der Waals surface area contributed by atoms with Crippen LogP contribution < -0.4 is 4.90 Å². The Kier molecular flexibility index (Phi) is 4.41. The highest BCUT2D eigenvalue weighted by molar-refractivity contribution is 5.65. The zero-order valence-electron chi connectivity index (χ0n) is 17.0. The largest absolute Gasteiger partial charge is 0.323 e. The van der Waals surface area contributed by atoms with Crippen molar-refractivity contribution in [3.8, 4) is 0 Å². The number of rotatable bonds is 3. The van der Waals surface area contributed by atoms with Gasteiger partial charge in [0.25, 0.3) is 0 Å². The van der Waals surface area contributed by atoms with Crippen LogP contribution in [0.15, 0.2) is 30.6 Å². The van der Waals surface area contributed by atoms with Crippen molar-refractivity contribution in [1.29, 1.82) is 0 Å². The van der Waals surface area contributed by atoms with E-state index in [1.165, 1.54) is 11.3 Å². The average molecular weight is 364 g/mol. The molecule has 0 aromatic carbocycles. The number of aryl methyl sites for hydroxylation is 2. The monoisotopic (exact) mass is 363 g/mol. The number of anilines is 2. The van der Waals surface area contributed by atoms with E-state index < -0.39 is 0 Å². The lowest BCUT2D eigenvalue weighted by Crippen LogP contribution is -2.27. The van der Waals surface area contributed by atoms with Crippen molar-refractivity contribution in [2.45, 2.75) is 59.8 Å². The lowest BCUT2D eigenvalue weighted by molar-refractivity contribution is 0.312. The van der Waals surface area contributed by atoms with Crippen LogP contribution in [-0.2, 0) is 6.42 Å². The molecule has 0 N–H and O–H groups in total. The molecule has 0 unspecified atom stereocenters. The minimum atomic E-state index is 0.239. The standard InChI is InChI=1S/C22H29N5/c1-6-17(22(3,4)5)16-9-10-20(23-13-16)26-11-7-8-18-19(26)14-24-21-12-15(2)25-27(18)21/h9-10,12-14,17H,6-8,11H2,1-5H3/t17-/m0/s1.